The second-order valence-electron chi connectivity index (χ2n) is 13.4. The van der Waals surface area contributed by atoms with Gasteiger partial charge in [-0.3, -0.25) is 4.90 Å². The van der Waals surface area contributed by atoms with Crippen LogP contribution < -0.4 is 19.9 Å². The molecule has 5 atom stereocenters. The lowest BCUT2D eigenvalue weighted by atomic mass is 9.95. The van der Waals surface area contributed by atoms with Crippen LogP contribution in [0.3, 0.4) is 0 Å². The van der Waals surface area contributed by atoms with E-state index in [2.05, 4.69) is 20.0 Å². The van der Waals surface area contributed by atoms with Crippen LogP contribution in [0.1, 0.15) is 55.0 Å². The Morgan fingerprint density at radius 1 is 1.14 bits per heavy atom. The molecule has 4 fully saturated rings. The number of piperazine rings is 1. The lowest BCUT2D eigenvalue weighted by Gasteiger charge is -2.40. The highest BCUT2D eigenvalue weighted by Crippen LogP contribution is 2.47. The van der Waals surface area contributed by atoms with E-state index in [0.29, 0.717) is 48.6 Å². The molecule has 0 radical (unpaired) electrons. The number of fused-ring (bicyclic) bond motifs is 7. The van der Waals surface area contributed by atoms with E-state index in [4.69, 9.17) is 26.3 Å². The molecule has 6 aliphatic rings. The smallest absolute Gasteiger partial charge is 0.318 e. The standard InChI is InChI=1S/C32H37ClN6O3S/c33-22-5-1-4-19-12-21(40)13-25(28(19)22)37-15-24-29-27(16-37)43(41)17-26-23-7-6-20(34-23)14-39(26)30(29)36-31(35-24)42-18-32-8-2-10-38(32)11-3-9-32/h1,4-5,12-13,20,23,26-27,34,40H,2-3,6-11,14-18H2. The molecule has 4 saturated heterocycles. The Morgan fingerprint density at radius 3 is 2.86 bits per heavy atom. The van der Waals surface area contributed by atoms with Crippen molar-refractivity contribution < 1.29 is 14.4 Å². The molecule has 2 N–H and O–H groups in total. The fourth-order valence-corrected chi connectivity index (χ4v) is 11.1. The fourth-order valence-electron chi connectivity index (χ4n) is 9.02. The van der Waals surface area contributed by atoms with Crippen LogP contribution in [0.5, 0.6) is 11.8 Å². The van der Waals surface area contributed by atoms with Crippen LogP contribution in [0.15, 0.2) is 30.3 Å². The van der Waals surface area contributed by atoms with Crippen molar-refractivity contribution >= 4 is 45.1 Å². The van der Waals surface area contributed by atoms with Gasteiger partial charge in [0, 0.05) is 30.1 Å². The van der Waals surface area contributed by atoms with E-state index in [1.54, 1.807) is 12.1 Å². The van der Waals surface area contributed by atoms with Crippen LogP contribution in [-0.4, -0.2) is 86.7 Å². The lowest BCUT2D eigenvalue weighted by Crippen LogP contribution is -2.60. The number of benzene rings is 2. The number of nitrogens with zero attached hydrogens (tertiary/aromatic N) is 5. The van der Waals surface area contributed by atoms with Crippen LogP contribution in [0.25, 0.3) is 10.8 Å². The minimum absolute atomic E-state index is 0.0946. The quantitative estimate of drug-likeness (QED) is 0.417. The Labute approximate surface area is 259 Å². The summed E-state index contributed by atoms with van der Waals surface area (Å²) in [6.45, 7) is 4.80. The number of phenols is 1. The van der Waals surface area contributed by atoms with E-state index < -0.39 is 11.2 Å². The van der Waals surface area contributed by atoms with Crippen LogP contribution in [-0.2, 0) is 17.7 Å². The van der Waals surface area contributed by atoms with Crippen molar-refractivity contribution in [3.63, 3.8) is 0 Å². The second kappa shape index (κ2) is 10.0. The molecular weight excluding hydrogens is 584 g/mol. The topological polar surface area (TPSA) is 100 Å². The lowest BCUT2D eigenvalue weighted by molar-refractivity contribution is 0.107. The first-order valence-electron chi connectivity index (χ1n) is 15.8. The number of rotatable bonds is 4. The summed E-state index contributed by atoms with van der Waals surface area (Å²) in [7, 11) is 0. The largest absolute Gasteiger partial charge is 0.616 e. The summed E-state index contributed by atoms with van der Waals surface area (Å²) < 4.78 is 20.8. The summed E-state index contributed by atoms with van der Waals surface area (Å²) in [5, 5.41) is 16.6. The number of nitrogens with one attached hydrogen (secondary N) is 1. The van der Waals surface area contributed by atoms with Gasteiger partial charge in [0.15, 0.2) is 5.25 Å². The van der Waals surface area contributed by atoms with Crippen molar-refractivity contribution in [2.24, 2.45) is 0 Å². The molecule has 11 heteroatoms. The van der Waals surface area contributed by atoms with Gasteiger partial charge in [0.1, 0.15) is 23.9 Å². The summed E-state index contributed by atoms with van der Waals surface area (Å²) >= 11 is 5.62. The minimum atomic E-state index is -1.14. The van der Waals surface area contributed by atoms with Crippen molar-refractivity contribution in [3.05, 3.63) is 46.6 Å². The summed E-state index contributed by atoms with van der Waals surface area (Å²) in [4.78, 5) is 17.5. The Hall–Kier alpha value is -2.50. The Kier molecular flexibility index (Phi) is 6.25. The van der Waals surface area contributed by atoms with Gasteiger partial charge >= 0.3 is 6.01 Å². The number of halogens is 1. The summed E-state index contributed by atoms with van der Waals surface area (Å²) in [5.41, 5.74) is 2.81. The summed E-state index contributed by atoms with van der Waals surface area (Å²) in [6, 6.07) is 10.6. The van der Waals surface area contributed by atoms with Gasteiger partial charge in [-0.25, -0.2) is 0 Å². The van der Waals surface area contributed by atoms with Gasteiger partial charge in [0.2, 0.25) is 0 Å². The van der Waals surface area contributed by atoms with Crippen LogP contribution in [0, 0.1) is 0 Å². The third-order valence-corrected chi connectivity index (χ3v) is 13.0. The molecule has 0 spiro atoms. The van der Waals surface area contributed by atoms with Gasteiger partial charge in [-0.05, 0) is 80.3 Å². The van der Waals surface area contributed by atoms with E-state index in [1.165, 1.54) is 12.8 Å². The van der Waals surface area contributed by atoms with Gasteiger partial charge in [0.25, 0.3) is 0 Å². The van der Waals surface area contributed by atoms with E-state index >= 15 is 0 Å². The predicted molar refractivity (Wildman–Crippen MR) is 169 cm³/mol. The zero-order valence-corrected chi connectivity index (χ0v) is 25.7. The van der Waals surface area contributed by atoms with Gasteiger partial charge < -0.3 is 29.5 Å². The van der Waals surface area contributed by atoms with Gasteiger partial charge in [-0.1, -0.05) is 23.7 Å². The Morgan fingerprint density at radius 2 is 2.00 bits per heavy atom. The molecule has 3 aromatic rings. The van der Waals surface area contributed by atoms with E-state index in [0.717, 1.165) is 78.9 Å². The van der Waals surface area contributed by atoms with E-state index in [1.807, 2.05) is 18.2 Å². The highest BCUT2D eigenvalue weighted by Gasteiger charge is 2.51. The molecule has 6 aliphatic heterocycles. The number of aromatic nitrogens is 2. The van der Waals surface area contributed by atoms with E-state index in [9.17, 15) is 9.66 Å². The average molecular weight is 621 g/mol. The molecule has 2 bridgehead atoms. The molecule has 226 valence electrons. The average Bonchev–Trinajstić information content (AvgIpc) is 3.68. The summed E-state index contributed by atoms with van der Waals surface area (Å²) in [5.74, 6) is 1.69. The first-order valence-corrected chi connectivity index (χ1v) is 17.6. The maximum atomic E-state index is 14.3. The molecule has 9 nitrogen and oxygen atoms in total. The zero-order chi connectivity index (χ0) is 28.9. The van der Waals surface area contributed by atoms with Crippen molar-refractivity contribution in [2.45, 2.75) is 74.0 Å². The second-order valence-corrected chi connectivity index (χ2v) is 15.5. The number of aromatic hydroxyl groups is 1. The predicted octanol–water partition coefficient (Wildman–Crippen LogP) is 4.13. The molecule has 7 heterocycles. The Balaban J connectivity index is 1.15. The SMILES string of the molecule is [O-][S+]1CC2C3CCC(CN2c2nc(OCC45CCCN4CCC5)nc4c2C1CN(c1cc(O)cc2cccc(Cl)c12)C4)N3. The number of ether oxygens (including phenoxy) is 1. The third-order valence-electron chi connectivity index (χ3n) is 11.0. The maximum absolute atomic E-state index is 14.3. The highest BCUT2D eigenvalue weighted by molar-refractivity contribution is 7.91. The molecule has 43 heavy (non-hydrogen) atoms. The third kappa shape index (κ3) is 4.24. The minimum Gasteiger partial charge on any atom is -0.616 e. The number of phenolic OH excluding ortho intramolecular Hbond substituents is 1. The van der Waals surface area contributed by atoms with Crippen molar-refractivity contribution in [1.29, 1.82) is 0 Å². The molecule has 1 aromatic heterocycles. The zero-order valence-electron chi connectivity index (χ0n) is 24.2. The maximum Gasteiger partial charge on any atom is 0.318 e. The van der Waals surface area contributed by atoms with Gasteiger partial charge in [0.05, 0.1) is 46.6 Å². The molecule has 9 rings (SSSR count). The fraction of sp³-hybridized carbons (Fsp3) is 0.562. The highest BCUT2D eigenvalue weighted by atomic mass is 35.5. The number of hydrogen-bond acceptors (Lipinski definition) is 9. The Bertz CT molecular complexity index is 1600. The molecule has 0 saturated carbocycles. The van der Waals surface area contributed by atoms with Gasteiger partial charge in [-0.2, -0.15) is 9.97 Å². The molecule has 0 amide bonds. The van der Waals surface area contributed by atoms with Crippen molar-refractivity contribution in [3.8, 4) is 11.8 Å². The van der Waals surface area contributed by atoms with Crippen molar-refractivity contribution in [1.82, 2.24) is 20.2 Å². The van der Waals surface area contributed by atoms with Crippen LogP contribution in [0.2, 0.25) is 5.02 Å². The van der Waals surface area contributed by atoms with Gasteiger partial charge in [-0.15, -0.1) is 0 Å². The number of anilines is 2. The molecule has 0 aliphatic carbocycles. The van der Waals surface area contributed by atoms with E-state index in [-0.39, 0.29) is 22.6 Å². The van der Waals surface area contributed by atoms with Crippen molar-refractivity contribution in [2.75, 3.05) is 48.3 Å². The summed E-state index contributed by atoms with van der Waals surface area (Å²) in [6.07, 6.45) is 6.99. The first-order chi connectivity index (χ1) is 21.0. The monoisotopic (exact) mass is 620 g/mol. The molecule has 2 aromatic carbocycles. The number of hydrogen-bond donors (Lipinski definition) is 2. The molecular formula is C32H37ClN6O3S. The molecule has 5 unspecified atom stereocenters. The van der Waals surface area contributed by atoms with Crippen LogP contribution >= 0.6 is 11.6 Å². The first kappa shape index (κ1) is 26.9. The normalized spacial score (nSPS) is 30.7. The van der Waals surface area contributed by atoms with Crippen LogP contribution in [0.4, 0.5) is 11.5 Å².